The Bertz CT molecular complexity index is 1310. The number of morpholine rings is 1. The molecule has 1 aromatic heterocycles. The zero-order valence-electron chi connectivity index (χ0n) is 20.6. The van der Waals surface area contributed by atoms with Crippen LogP contribution in [-0.4, -0.2) is 70.4 Å². The molecule has 3 N–H and O–H groups in total. The molecule has 0 aliphatic carbocycles. The van der Waals surface area contributed by atoms with Gasteiger partial charge >= 0.3 is 0 Å². The normalized spacial score (nSPS) is 16.1. The maximum atomic E-state index is 13.2. The summed E-state index contributed by atoms with van der Waals surface area (Å²) >= 11 is 6.44. The number of aromatic amines is 1. The fraction of sp³-hybridized carbons (Fsp3) is 0.320. The number of carbonyl (C=O) groups is 1. The molecule has 0 radical (unpaired) electrons. The van der Waals surface area contributed by atoms with Crippen LogP contribution in [0.2, 0.25) is 5.02 Å². The van der Waals surface area contributed by atoms with Gasteiger partial charge in [0.25, 0.3) is 5.91 Å². The Morgan fingerprint density at radius 3 is 2.92 bits per heavy atom. The van der Waals surface area contributed by atoms with Crippen LogP contribution in [0.4, 0.5) is 10.1 Å². The van der Waals surface area contributed by atoms with Crippen LogP contribution >= 0.6 is 11.6 Å². The van der Waals surface area contributed by atoms with Gasteiger partial charge in [-0.15, -0.1) is 10.2 Å². The highest BCUT2D eigenvalue weighted by Gasteiger charge is 2.23. The molecular weight excluding hydrogens is 515 g/mol. The molecule has 0 spiro atoms. The van der Waals surface area contributed by atoms with Crippen LogP contribution in [0.3, 0.4) is 0 Å². The van der Waals surface area contributed by atoms with Gasteiger partial charge in [-0.1, -0.05) is 23.7 Å². The highest BCUT2D eigenvalue weighted by molar-refractivity contribution is 6.33. The number of aromatic nitrogens is 4. The van der Waals surface area contributed by atoms with Gasteiger partial charge in [0, 0.05) is 38.4 Å². The standard InChI is InChI=1S/C25H26ClFN8O3/c1-2-37-23-10-22(29-12-17(11-28)24-31-33-34-32-24)21(26)9-20(23)25(36)30-13-19-15-35(7-8-38-19)14-16-3-5-18(27)6-4-16/h3-6,9-10,12,19,29H,2,7-8,13-15H2,1H3,(H,30,36)(H,31,32,33,34). The molecule has 1 amide bonds. The van der Waals surface area contributed by atoms with E-state index in [9.17, 15) is 14.4 Å². The molecule has 3 aromatic rings. The number of anilines is 1. The van der Waals surface area contributed by atoms with Gasteiger partial charge in [-0.2, -0.15) is 10.5 Å². The summed E-state index contributed by atoms with van der Waals surface area (Å²) in [5.41, 5.74) is 1.84. The summed E-state index contributed by atoms with van der Waals surface area (Å²) < 4.78 is 24.7. The van der Waals surface area contributed by atoms with Crippen LogP contribution in [0, 0.1) is 17.1 Å². The molecular formula is C25H26ClFN8O3. The van der Waals surface area contributed by atoms with E-state index < -0.39 is 0 Å². The second kappa shape index (κ2) is 13.0. The Labute approximate surface area is 223 Å². The van der Waals surface area contributed by atoms with Crippen molar-refractivity contribution in [3.63, 3.8) is 0 Å². The SMILES string of the molecule is CCOc1cc(NC=C(C#N)c2nn[nH]n2)c(Cl)cc1C(=O)NCC1CN(Cc2ccc(F)cc2)CCO1. The average Bonchev–Trinajstić information content (AvgIpc) is 3.46. The molecule has 1 unspecified atom stereocenters. The first-order chi connectivity index (χ1) is 18.5. The third-order valence-corrected chi connectivity index (χ3v) is 6.04. The fourth-order valence-electron chi connectivity index (χ4n) is 3.89. The van der Waals surface area contributed by atoms with Gasteiger partial charge in [0.15, 0.2) is 0 Å². The van der Waals surface area contributed by atoms with Gasteiger partial charge in [-0.3, -0.25) is 9.69 Å². The summed E-state index contributed by atoms with van der Waals surface area (Å²) in [6.07, 6.45) is 1.18. The highest BCUT2D eigenvalue weighted by atomic mass is 35.5. The number of amides is 1. The number of H-pyrrole nitrogens is 1. The van der Waals surface area contributed by atoms with E-state index in [0.29, 0.717) is 44.3 Å². The minimum absolute atomic E-state index is 0.123. The molecule has 1 saturated heterocycles. The predicted octanol–water partition coefficient (Wildman–Crippen LogP) is 3.00. The van der Waals surface area contributed by atoms with Crippen molar-refractivity contribution in [2.45, 2.75) is 19.6 Å². The second-order valence-corrected chi connectivity index (χ2v) is 8.78. The number of nitrogens with zero attached hydrogens (tertiary/aromatic N) is 5. The summed E-state index contributed by atoms with van der Waals surface area (Å²) in [4.78, 5) is 15.3. The molecule has 1 aliphatic rings. The topological polar surface area (TPSA) is 141 Å². The lowest BCUT2D eigenvalue weighted by Crippen LogP contribution is -2.47. The van der Waals surface area contributed by atoms with E-state index in [0.717, 1.165) is 12.1 Å². The smallest absolute Gasteiger partial charge is 0.255 e. The third-order valence-electron chi connectivity index (χ3n) is 5.73. The number of hydrogen-bond donors (Lipinski definition) is 3. The number of allylic oxidation sites excluding steroid dienone is 1. The molecule has 1 fully saturated rings. The summed E-state index contributed by atoms with van der Waals surface area (Å²) in [6, 6.07) is 11.5. The number of rotatable bonds is 10. The number of halogens is 2. The molecule has 0 saturated carbocycles. The molecule has 13 heteroatoms. The van der Waals surface area contributed by atoms with Gasteiger partial charge in [0.2, 0.25) is 5.82 Å². The van der Waals surface area contributed by atoms with E-state index in [1.54, 1.807) is 25.1 Å². The lowest BCUT2D eigenvalue weighted by Gasteiger charge is -2.33. The van der Waals surface area contributed by atoms with Gasteiger partial charge in [0.05, 0.1) is 35.6 Å². The number of carbonyl (C=O) groups excluding carboxylic acids is 1. The molecule has 4 rings (SSSR count). The van der Waals surface area contributed by atoms with Crippen molar-refractivity contribution in [3.8, 4) is 11.8 Å². The van der Waals surface area contributed by atoms with E-state index in [-0.39, 0.29) is 39.8 Å². The number of hydrogen-bond acceptors (Lipinski definition) is 9. The largest absolute Gasteiger partial charge is 0.493 e. The Balaban J connectivity index is 1.39. The fourth-order valence-corrected chi connectivity index (χ4v) is 4.10. The lowest BCUT2D eigenvalue weighted by molar-refractivity contribution is -0.0292. The van der Waals surface area contributed by atoms with Gasteiger partial charge in [0.1, 0.15) is 23.2 Å². The molecule has 2 aromatic carbocycles. The zero-order chi connectivity index (χ0) is 26.9. The van der Waals surface area contributed by atoms with Crippen molar-refractivity contribution in [1.29, 1.82) is 5.26 Å². The molecule has 2 heterocycles. The lowest BCUT2D eigenvalue weighted by atomic mass is 10.1. The number of nitriles is 1. The van der Waals surface area contributed by atoms with Gasteiger partial charge in [-0.05, 0) is 35.9 Å². The Morgan fingerprint density at radius 1 is 1.39 bits per heavy atom. The van der Waals surface area contributed by atoms with Gasteiger partial charge < -0.3 is 20.1 Å². The van der Waals surface area contributed by atoms with Gasteiger partial charge in [-0.25, -0.2) is 4.39 Å². The Hall–Kier alpha value is -4.05. The molecule has 38 heavy (non-hydrogen) atoms. The maximum Gasteiger partial charge on any atom is 0.255 e. The average molecular weight is 541 g/mol. The summed E-state index contributed by atoms with van der Waals surface area (Å²) in [6.45, 7) is 4.98. The van der Waals surface area contributed by atoms with E-state index in [1.165, 1.54) is 24.4 Å². The van der Waals surface area contributed by atoms with Crippen LogP contribution in [0.5, 0.6) is 5.75 Å². The summed E-state index contributed by atoms with van der Waals surface area (Å²) in [5, 5.41) is 28.7. The first-order valence-electron chi connectivity index (χ1n) is 11.9. The monoisotopic (exact) mass is 540 g/mol. The molecule has 198 valence electrons. The van der Waals surface area contributed by atoms with Crippen molar-refractivity contribution in [3.05, 3.63) is 70.4 Å². The first kappa shape index (κ1) is 27.0. The van der Waals surface area contributed by atoms with Crippen molar-refractivity contribution in [2.75, 3.05) is 38.2 Å². The van der Waals surface area contributed by atoms with Crippen molar-refractivity contribution in [1.82, 2.24) is 30.8 Å². The van der Waals surface area contributed by atoms with Crippen LogP contribution in [0.15, 0.2) is 42.6 Å². The molecule has 0 bridgehead atoms. The van der Waals surface area contributed by atoms with E-state index in [4.69, 9.17) is 21.1 Å². The van der Waals surface area contributed by atoms with Crippen LogP contribution < -0.4 is 15.4 Å². The van der Waals surface area contributed by atoms with Crippen LogP contribution in [0.25, 0.3) is 5.57 Å². The van der Waals surface area contributed by atoms with Crippen molar-refractivity contribution < 1.29 is 18.7 Å². The summed E-state index contributed by atoms with van der Waals surface area (Å²) in [5.74, 6) is -0.177. The van der Waals surface area contributed by atoms with Crippen LogP contribution in [0.1, 0.15) is 28.7 Å². The third kappa shape index (κ3) is 7.04. The Morgan fingerprint density at radius 2 is 2.21 bits per heavy atom. The maximum absolute atomic E-state index is 13.2. The predicted molar refractivity (Wildman–Crippen MR) is 138 cm³/mol. The number of nitrogens with one attached hydrogen (secondary N) is 3. The zero-order valence-corrected chi connectivity index (χ0v) is 21.3. The number of tetrazole rings is 1. The van der Waals surface area contributed by atoms with E-state index in [2.05, 4.69) is 36.2 Å². The minimum atomic E-state index is -0.360. The quantitative estimate of drug-likeness (QED) is 0.331. The Kier molecular flexibility index (Phi) is 9.21. The van der Waals surface area contributed by atoms with Crippen molar-refractivity contribution in [2.24, 2.45) is 0 Å². The minimum Gasteiger partial charge on any atom is -0.493 e. The van der Waals surface area contributed by atoms with Crippen molar-refractivity contribution >= 4 is 28.8 Å². The summed E-state index contributed by atoms with van der Waals surface area (Å²) in [7, 11) is 0. The highest BCUT2D eigenvalue weighted by Crippen LogP contribution is 2.31. The second-order valence-electron chi connectivity index (χ2n) is 8.38. The molecule has 1 aliphatic heterocycles. The number of ether oxygens (including phenoxy) is 2. The van der Waals surface area contributed by atoms with E-state index >= 15 is 0 Å². The van der Waals surface area contributed by atoms with E-state index in [1.807, 2.05) is 6.07 Å². The molecule has 1 atom stereocenters. The molecule has 11 nitrogen and oxygen atoms in total. The number of benzene rings is 2. The van der Waals surface area contributed by atoms with Crippen LogP contribution in [-0.2, 0) is 11.3 Å². The first-order valence-corrected chi connectivity index (χ1v) is 12.3.